The summed E-state index contributed by atoms with van der Waals surface area (Å²) in [5.74, 6) is 0.536. The van der Waals surface area contributed by atoms with Gasteiger partial charge in [0.1, 0.15) is 11.6 Å². The summed E-state index contributed by atoms with van der Waals surface area (Å²) < 4.78 is 18.1. The molecule has 0 aliphatic rings. The highest BCUT2D eigenvalue weighted by molar-refractivity contribution is 6.70. The highest BCUT2D eigenvalue weighted by Crippen LogP contribution is 2.15. The molecule has 0 aliphatic heterocycles. The molecule has 0 bridgehead atoms. The lowest BCUT2D eigenvalue weighted by molar-refractivity contribution is 0.552. The van der Waals surface area contributed by atoms with Crippen LogP contribution in [0.15, 0.2) is 24.3 Å². The van der Waals surface area contributed by atoms with E-state index in [1.165, 1.54) is 12.1 Å². The van der Waals surface area contributed by atoms with Crippen LogP contribution in [-0.2, 0) is 0 Å². The zero-order valence-corrected chi connectivity index (χ0v) is 8.60. The van der Waals surface area contributed by atoms with Crippen LogP contribution in [0.25, 0.3) is 0 Å². The molecule has 1 aromatic carbocycles. The van der Waals surface area contributed by atoms with Gasteiger partial charge in [0.2, 0.25) is 8.32 Å². The van der Waals surface area contributed by atoms with Gasteiger partial charge >= 0.3 is 0 Å². The fourth-order valence-corrected chi connectivity index (χ4v) is 1.70. The van der Waals surface area contributed by atoms with Crippen LogP contribution in [0.3, 0.4) is 0 Å². The van der Waals surface area contributed by atoms with Gasteiger partial charge in [-0.2, -0.15) is 0 Å². The van der Waals surface area contributed by atoms with Gasteiger partial charge in [0, 0.05) is 0 Å². The lowest BCUT2D eigenvalue weighted by atomic mass is 10.3. The van der Waals surface area contributed by atoms with Crippen molar-refractivity contribution >= 4 is 8.32 Å². The van der Waals surface area contributed by atoms with Crippen molar-refractivity contribution in [3.8, 4) is 5.75 Å². The minimum absolute atomic E-state index is 0.224. The second-order valence-corrected chi connectivity index (χ2v) is 8.10. The molecule has 1 rings (SSSR count). The van der Waals surface area contributed by atoms with E-state index in [0.717, 1.165) is 5.75 Å². The first-order valence-corrected chi connectivity index (χ1v) is 7.33. The Morgan fingerprint density at radius 3 is 2.00 bits per heavy atom. The standard InChI is InChI=1S/C9H13FOSi/c1-12(2,3)11-9-6-4-8(10)5-7-9/h4-7H,1-3H3. The van der Waals surface area contributed by atoms with Crippen LogP contribution in [0.5, 0.6) is 5.75 Å². The number of halogens is 1. The van der Waals surface area contributed by atoms with Crippen LogP contribution < -0.4 is 4.43 Å². The van der Waals surface area contributed by atoms with Crippen LogP contribution >= 0.6 is 0 Å². The quantitative estimate of drug-likeness (QED) is 0.642. The third-order valence-electron chi connectivity index (χ3n) is 1.24. The molecule has 0 unspecified atom stereocenters. The first kappa shape index (κ1) is 9.26. The maximum atomic E-state index is 12.5. The molecule has 1 nitrogen and oxygen atoms in total. The molecule has 0 saturated heterocycles. The molecule has 0 fully saturated rings. The monoisotopic (exact) mass is 184 g/mol. The van der Waals surface area contributed by atoms with Gasteiger partial charge < -0.3 is 4.43 Å². The van der Waals surface area contributed by atoms with Crippen LogP contribution in [0.2, 0.25) is 19.6 Å². The average Bonchev–Trinajstić information content (AvgIpc) is 1.91. The first-order valence-electron chi connectivity index (χ1n) is 3.92. The summed E-state index contributed by atoms with van der Waals surface area (Å²) in [6, 6.07) is 6.14. The van der Waals surface area contributed by atoms with Crippen molar-refractivity contribution in [3.63, 3.8) is 0 Å². The Kier molecular flexibility index (Phi) is 2.52. The fourth-order valence-electron chi connectivity index (χ4n) is 0.856. The predicted molar refractivity (Wildman–Crippen MR) is 50.4 cm³/mol. The molecule has 12 heavy (non-hydrogen) atoms. The topological polar surface area (TPSA) is 9.23 Å². The molecule has 0 aliphatic carbocycles. The summed E-state index contributed by atoms with van der Waals surface area (Å²) in [6.07, 6.45) is 0. The molecule has 0 N–H and O–H groups in total. The van der Waals surface area contributed by atoms with Gasteiger partial charge in [-0.05, 0) is 43.9 Å². The van der Waals surface area contributed by atoms with Gasteiger partial charge in [0.15, 0.2) is 0 Å². The third-order valence-corrected chi connectivity index (χ3v) is 2.09. The lowest BCUT2D eigenvalue weighted by Crippen LogP contribution is -2.29. The normalized spacial score (nSPS) is 11.3. The Hall–Kier alpha value is -0.833. The van der Waals surface area contributed by atoms with E-state index in [9.17, 15) is 4.39 Å². The van der Waals surface area contributed by atoms with E-state index in [0.29, 0.717) is 0 Å². The number of hydrogen-bond donors (Lipinski definition) is 0. The zero-order chi connectivity index (χ0) is 9.19. The molecule has 0 atom stereocenters. The average molecular weight is 184 g/mol. The van der Waals surface area contributed by atoms with E-state index in [-0.39, 0.29) is 5.82 Å². The van der Waals surface area contributed by atoms with E-state index < -0.39 is 8.32 Å². The number of benzene rings is 1. The van der Waals surface area contributed by atoms with Gasteiger partial charge in [0.05, 0.1) is 0 Å². The smallest absolute Gasteiger partial charge is 0.242 e. The van der Waals surface area contributed by atoms with Crippen molar-refractivity contribution in [2.45, 2.75) is 19.6 Å². The van der Waals surface area contributed by atoms with Gasteiger partial charge in [-0.15, -0.1) is 0 Å². The summed E-state index contributed by atoms with van der Waals surface area (Å²) in [4.78, 5) is 0. The van der Waals surface area contributed by atoms with Gasteiger partial charge in [-0.3, -0.25) is 0 Å². The maximum Gasteiger partial charge on any atom is 0.242 e. The molecule has 3 heteroatoms. The van der Waals surface area contributed by atoms with E-state index >= 15 is 0 Å². The molecular weight excluding hydrogens is 171 g/mol. The fraction of sp³-hybridized carbons (Fsp3) is 0.333. The minimum Gasteiger partial charge on any atom is -0.544 e. The number of rotatable bonds is 2. The summed E-state index contributed by atoms with van der Waals surface area (Å²) in [5.41, 5.74) is 0. The van der Waals surface area contributed by atoms with Gasteiger partial charge in [-0.1, -0.05) is 0 Å². The second kappa shape index (κ2) is 3.27. The van der Waals surface area contributed by atoms with E-state index in [1.807, 2.05) is 0 Å². The molecule has 0 amide bonds. The van der Waals surface area contributed by atoms with E-state index in [2.05, 4.69) is 19.6 Å². The van der Waals surface area contributed by atoms with Crippen molar-refractivity contribution in [2.24, 2.45) is 0 Å². The Morgan fingerprint density at radius 1 is 1.08 bits per heavy atom. The zero-order valence-electron chi connectivity index (χ0n) is 7.60. The molecule has 0 aromatic heterocycles. The molecule has 0 saturated carbocycles. The number of hydrogen-bond acceptors (Lipinski definition) is 1. The van der Waals surface area contributed by atoms with Crippen LogP contribution in [0.1, 0.15) is 0 Å². The summed E-state index contributed by atoms with van der Waals surface area (Å²) >= 11 is 0. The summed E-state index contributed by atoms with van der Waals surface area (Å²) in [5, 5.41) is 0. The van der Waals surface area contributed by atoms with Crippen LogP contribution in [0, 0.1) is 5.82 Å². The lowest BCUT2D eigenvalue weighted by Gasteiger charge is -2.18. The molecule has 0 spiro atoms. The summed E-state index contributed by atoms with van der Waals surface area (Å²) in [6.45, 7) is 6.28. The van der Waals surface area contributed by atoms with Crippen LogP contribution in [0.4, 0.5) is 4.39 Å². The Bertz CT molecular complexity index is 250. The second-order valence-electron chi connectivity index (χ2n) is 3.67. The largest absolute Gasteiger partial charge is 0.544 e. The molecule has 0 radical (unpaired) electrons. The Morgan fingerprint density at radius 2 is 1.58 bits per heavy atom. The molecule has 1 aromatic rings. The van der Waals surface area contributed by atoms with Crippen molar-refractivity contribution in [1.29, 1.82) is 0 Å². The van der Waals surface area contributed by atoms with E-state index in [1.54, 1.807) is 12.1 Å². The predicted octanol–water partition coefficient (Wildman–Crippen LogP) is 3.04. The minimum atomic E-state index is -1.54. The third kappa shape index (κ3) is 3.05. The van der Waals surface area contributed by atoms with Crippen molar-refractivity contribution in [3.05, 3.63) is 30.1 Å². The molecular formula is C9H13FOSi. The summed E-state index contributed by atoms with van der Waals surface area (Å²) in [7, 11) is -1.54. The van der Waals surface area contributed by atoms with Crippen molar-refractivity contribution in [1.82, 2.24) is 0 Å². The van der Waals surface area contributed by atoms with Gasteiger partial charge in [-0.25, -0.2) is 4.39 Å². The van der Waals surface area contributed by atoms with Crippen molar-refractivity contribution in [2.75, 3.05) is 0 Å². The van der Waals surface area contributed by atoms with Crippen LogP contribution in [-0.4, -0.2) is 8.32 Å². The first-order chi connectivity index (χ1) is 5.47. The maximum absolute atomic E-state index is 12.5. The Labute approximate surface area is 73.3 Å². The SMILES string of the molecule is C[Si](C)(C)Oc1ccc(F)cc1. The highest BCUT2D eigenvalue weighted by Gasteiger charge is 2.15. The molecule has 66 valence electrons. The van der Waals surface area contributed by atoms with Crippen molar-refractivity contribution < 1.29 is 8.82 Å². The Balaban J connectivity index is 2.71. The van der Waals surface area contributed by atoms with E-state index in [4.69, 9.17) is 4.43 Å². The molecule has 0 heterocycles. The highest BCUT2D eigenvalue weighted by atomic mass is 28.4. The van der Waals surface area contributed by atoms with Gasteiger partial charge in [0.25, 0.3) is 0 Å².